The monoisotopic (exact) mass is 300 g/mol. The smallest absolute Gasteiger partial charge is 0.227 e. The molecular weight excluding hydrogens is 280 g/mol. The van der Waals surface area contributed by atoms with Gasteiger partial charge in [0, 0.05) is 32.4 Å². The number of nitrogens with zero attached hydrogens (tertiary/aromatic N) is 4. The van der Waals surface area contributed by atoms with Crippen molar-refractivity contribution in [3.8, 4) is 6.07 Å². The molecule has 2 fully saturated rings. The Balaban J connectivity index is 1.71. The van der Waals surface area contributed by atoms with E-state index in [1.54, 1.807) is 18.3 Å². The Morgan fingerprint density at radius 2 is 2.18 bits per heavy atom. The summed E-state index contributed by atoms with van der Waals surface area (Å²) in [7, 11) is 0. The molecule has 0 spiro atoms. The molecule has 6 heteroatoms. The SMILES string of the molecule is C[C@@H]1CN(c2cc(C#N)ccn2)C[C@H]1C(=O)N1CCOCC1. The topological polar surface area (TPSA) is 69.5 Å². The first-order valence-electron chi connectivity index (χ1n) is 7.66. The summed E-state index contributed by atoms with van der Waals surface area (Å²) in [5.74, 6) is 1.27. The number of hydrogen-bond acceptors (Lipinski definition) is 5. The highest BCUT2D eigenvalue weighted by Gasteiger charge is 2.37. The zero-order chi connectivity index (χ0) is 15.5. The summed E-state index contributed by atoms with van der Waals surface area (Å²) in [5, 5.41) is 9.00. The maximum Gasteiger partial charge on any atom is 0.227 e. The minimum absolute atomic E-state index is 0.00866. The quantitative estimate of drug-likeness (QED) is 0.811. The van der Waals surface area contributed by atoms with Crippen molar-refractivity contribution in [3.05, 3.63) is 23.9 Å². The summed E-state index contributed by atoms with van der Waals surface area (Å²) in [6.45, 7) is 6.19. The van der Waals surface area contributed by atoms with Gasteiger partial charge >= 0.3 is 0 Å². The second kappa shape index (κ2) is 6.32. The predicted molar refractivity (Wildman–Crippen MR) is 81.2 cm³/mol. The lowest BCUT2D eigenvalue weighted by Gasteiger charge is -2.30. The Kier molecular flexibility index (Phi) is 4.25. The molecule has 1 amide bonds. The molecule has 0 aliphatic carbocycles. The fraction of sp³-hybridized carbons (Fsp3) is 0.562. The third kappa shape index (κ3) is 2.90. The van der Waals surface area contributed by atoms with Crippen LogP contribution in [0, 0.1) is 23.2 Å². The molecule has 3 heterocycles. The van der Waals surface area contributed by atoms with Crippen molar-refractivity contribution in [2.75, 3.05) is 44.3 Å². The van der Waals surface area contributed by atoms with E-state index in [2.05, 4.69) is 22.9 Å². The number of aromatic nitrogens is 1. The molecule has 3 rings (SSSR count). The molecule has 0 radical (unpaired) electrons. The number of amides is 1. The lowest BCUT2D eigenvalue weighted by atomic mass is 9.96. The van der Waals surface area contributed by atoms with Gasteiger partial charge in [0.15, 0.2) is 0 Å². The van der Waals surface area contributed by atoms with E-state index in [-0.39, 0.29) is 17.7 Å². The van der Waals surface area contributed by atoms with Crippen LogP contribution in [0.25, 0.3) is 0 Å². The van der Waals surface area contributed by atoms with Crippen molar-refractivity contribution in [2.45, 2.75) is 6.92 Å². The first kappa shape index (κ1) is 14.8. The van der Waals surface area contributed by atoms with Crippen LogP contribution in [-0.4, -0.2) is 55.2 Å². The van der Waals surface area contributed by atoms with E-state index in [4.69, 9.17) is 10.00 Å². The molecule has 1 aromatic rings. The molecule has 0 bridgehead atoms. The highest BCUT2D eigenvalue weighted by Crippen LogP contribution is 2.28. The molecule has 22 heavy (non-hydrogen) atoms. The fourth-order valence-corrected chi connectivity index (χ4v) is 3.15. The van der Waals surface area contributed by atoms with Crippen LogP contribution in [0.2, 0.25) is 0 Å². The van der Waals surface area contributed by atoms with Gasteiger partial charge in [-0.15, -0.1) is 0 Å². The highest BCUT2D eigenvalue weighted by molar-refractivity contribution is 5.80. The molecule has 2 aliphatic heterocycles. The minimum atomic E-state index is -0.00866. The summed E-state index contributed by atoms with van der Waals surface area (Å²) in [5.41, 5.74) is 0.598. The molecule has 2 atom stereocenters. The van der Waals surface area contributed by atoms with Gasteiger partial charge in [-0.2, -0.15) is 5.26 Å². The number of hydrogen-bond donors (Lipinski definition) is 0. The van der Waals surface area contributed by atoms with Gasteiger partial charge in [-0.3, -0.25) is 4.79 Å². The second-order valence-electron chi connectivity index (χ2n) is 5.94. The lowest BCUT2D eigenvalue weighted by molar-refractivity contribution is -0.140. The number of pyridine rings is 1. The number of rotatable bonds is 2. The van der Waals surface area contributed by atoms with Crippen LogP contribution < -0.4 is 4.90 Å². The summed E-state index contributed by atoms with van der Waals surface area (Å²) in [4.78, 5) is 21.0. The second-order valence-corrected chi connectivity index (χ2v) is 5.94. The van der Waals surface area contributed by atoms with Crippen LogP contribution in [-0.2, 0) is 9.53 Å². The van der Waals surface area contributed by atoms with E-state index in [0.717, 1.165) is 12.4 Å². The maximum absolute atomic E-state index is 12.7. The zero-order valence-electron chi connectivity index (χ0n) is 12.7. The van der Waals surface area contributed by atoms with Crippen molar-refractivity contribution in [1.82, 2.24) is 9.88 Å². The van der Waals surface area contributed by atoms with Gasteiger partial charge in [0.2, 0.25) is 5.91 Å². The molecular formula is C16H20N4O2. The normalized spacial score (nSPS) is 25.1. The van der Waals surface area contributed by atoms with Gasteiger partial charge in [0.05, 0.1) is 30.8 Å². The Bertz CT molecular complexity index is 592. The Labute approximate surface area is 130 Å². The Morgan fingerprint density at radius 1 is 1.41 bits per heavy atom. The third-order valence-electron chi connectivity index (χ3n) is 4.45. The number of morpholine rings is 1. The summed E-state index contributed by atoms with van der Waals surface area (Å²) < 4.78 is 5.31. The average Bonchev–Trinajstić information content (AvgIpc) is 2.97. The largest absolute Gasteiger partial charge is 0.378 e. The van der Waals surface area contributed by atoms with Crippen LogP contribution >= 0.6 is 0 Å². The van der Waals surface area contributed by atoms with Gasteiger partial charge in [-0.1, -0.05) is 6.92 Å². The van der Waals surface area contributed by atoms with E-state index < -0.39 is 0 Å². The van der Waals surface area contributed by atoms with Crippen molar-refractivity contribution in [3.63, 3.8) is 0 Å². The summed E-state index contributed by atoms with van der Waals surface area (Å²) in [6.07, 6.45) is 1.65. The Hall–Kier alpha value is -2.13. The van der Waals surface area contributed by atoms with E-state index in [1.165, 1.54) is 0 Å². The van der Waals surface area contributed by atoms with Gasteiger partial charge in [-0.25, -0.2) is 4.98 Å². The van der Waals surface area contributed by atoms with Gasteiger partial charge in [-0.05, 0) is 18.1 Å². The third-order valence-corrected chi connectivity index (χ3v) is 4.45. The van der Waals surface area contributed by atoms with E-state index in [9.17, 15) is 4.79 Å². The van der Waals surface area contributed by atoms with E-state index in [1.807, 2.05) is 4.90 Å². The van der Waals surface area contributed by atoms with Gasteiger partial charge in [0.25, 0.3) is 0 Å². The number of carbonyl (C=O) groups is 1. The first-order chi connectivity index (χ1) is 10.7. The van der Waals surface area contributed by atoms with Crippen LogP contribution in [0.4, 0.5) is 5.82 Å². The summed E-state index contributed by atoms with van der Waals surface area (Å²) >= 11 is 0. The van der Waals surface area contributed by atoms with Crippen LogP contribution in [0.3, 0.4) is 0 Å². The van der Waals surface area contributed by atoms with Crippen molar-refractivity contribution >= 4 is 11.7 Å². The molecule has 0 saturated carbocycles. The summed E-state index contributed by atoms with van der Waals surface area (Å²) in [6, 6.07) is 5.61. The predicted octanol–water partition coefficient (Wildman–Crippen LogP) is 0.884. The lowest BCUT2D eigenvalue weighted by Crippen LogP contribution is -2.45. The number of anilines is 1. The standard InChI is InChI=1S/C16H20N4O2/c1-12-10-20(15-8-13(9-17)2-3-18-15)11-14(12)16(21)19-4-6-22-7-5-19/h2-3,8,12,14H,4-7,10-11H2,1H3/t12-,14-/m1/s1. The molecule has 2 saturated heterocycles. The molecule has 0 unspecified atom stereocenters. The Morgan fingerprint density at radius 3 is 2.91 bits per heavy atom. The molecule has 116 valence electrons. The highest BCUT2D eigenvalue weighted by atomic mass is 16.5. The molecule has 1 aromatic heterocycles. The molecule has 0 aromatic carbocycles. The van der Waals surface area contributed by atoms with Crippen molar-refractivity contribution in [2.24, 2.45) is 11.8 Å². The average molecular weight is 300 g/mol. The fourth-order valence-electron chi connectivity index (χ4n) is 3.15. The number of nitriles is 1. The number of ether oxygens (including phenoxy) is 1. The first-order valence-corrected chi connectivity index (χ1v) is 7.66. The minimum Gasteiger partial charge on any atom is -0.378 e. The van der Waals surface area contributed by atoms with Crippen molar-refractivity contribution < 1.29 is 9.53 Å². The van der Waals surface area contributed by atoms with Crippen LogP contribution in [0.1, 0.15) is 12.5 Å². The molecule has 6 nitrogen and oxygen atoms in total. The van der Waals surface area contributed by atoms with Crippen LogP contribution in [0.15, 0.2) is 18.3 Å². The van der Waals surface area contributed by atoms with E-state index in [0.29, 0.717) is 38.4 Å². The van der Waals surface area contributed by atoms with Crippen LogP contribution in [0.5, 0.6) is 0 Å². The van der Waals surface area contributed by atoms with Crippen molar-refractivity contribution in [1.29, 1.82) is 5.26 Å². The molecule has 0 N–H and O–H groups in total. The number of carbonyl (C=O) groups excluding carboxylic acids is 1. The maximum atomic E-state index is 12.7. The van der Waals surface area contributed by atoms with E-state index >= 15 is 0 Å². The molecule has 2 aliphatic rings. The van der Waals surface area contributed by atoms with Gasteiger partial charge in [0.1, 0.15) is 5.82 Å². The zero-order valence-corrected chi connectivity index (χ0v) is 12.7. The van der Waals surface area contributed by atoms with Gasteiger partial charge < -0.3 is 14.5 Å².